The average Bonchev–Trinajstić information content (AvgIpc) is 2.63. The molecule has 0 radical (unpaired) electrons. The average molecular weight is 253 g/mol. The molecule has 0 aromatic heterocycles. The van der Waals surface area contributed by atoms with Gasteiger partial charge in [-0.15, -0.1) is 8.58 Å². The standard InChI is InChI=1S/C14H24NOP/c1-17-11-6-13-4-2-3-5-14(12-13)15-7-9-16-10-8-15/h5,12,17H,2-4,6-11H2,1H3. The van der Waals surface area contributed by atoms with Crippen LogP contribution in [0.4, 0.5) is 0 Å². The highest BCUT2D eigenvalue weighted by Crippen LogP contribution is 2.24. The van der Waals surface area contributed by atoms with Crippen LogP contribution >= 0.6 is 8.58 Å². The van der Waals surface area contributed by atoms with E-state index in [1.165, 1.54) is 37.5 Å². The quantitative estimate of drug-likeness (QED) is 0.714. The zero-order valence-corrected chi connectivity index (χ0v) is 11.9. The molecular formula is C14H24NOP. The van der Waals surface area contributed by atoms with E-state index in [-0.39, 0.29) is 0 Å². The Hall–Kier alpha value is -0.330. The van der Waals surface area contributed by atoms with Crippen LogP contribution in [-0.2, 0) is 4.74 Å². The van der Waals surface area contributed by atoms with E-state index in [1.807, 2.05) is 0 Å². The maximum atomic E-state index is 5.43. The summed E-state index contributed by atoms with van der Waals surface area (Å²) in [5, 5.41) is 0. The molecule has 0 spiro atoms. The minimum Gasteiger partial charge on any atom is -0.378 e. The molecule has 1 aliphatic heterocycles. The highest BCUT2D eigenvalue weighted by molar-refractivity contribution is 7.36. The Morgan fingerprint density at radius 1 is 1.35 bits per heavy atom. The lowest BCUT2D eigenvalue weighted by atomic mass is 10.1. The Bertz CT molecular complexity index is 293. The first kappa shape index (κ1) is 13.1. The van der Waals surface area contributed by atoms with Gasteiger partial charge in [0.15, 0.2) is 0 Å². The number of hydrogen-bond acceptors (Lipinski definition) is 2. The van der Waals surface area contributed by atoms with Crippen LogP contribution in [0.15, 0.2) is 23.4 Å². The molecule has 2 aliphatic rings. The zero-order chi connectivity index (χ0) is 11.9. The monoisotopic (exact) mass is 253 g/mol. The number of allylic oxidation sites excluding steroid dienone is 3. The van der Waals surface area contributed by atoms with Crippen LogP contribution in [0.2, 0.25) is 0 Å². The van der Waals surface area contributed by atoms with E-state index in [1.54, 1.807) is 5.57 Å². The third-order valence-corrected chi connectivity index (χ3v) is 4.23. The van der Waals surface area contributed by atoms with Crippen molar-refractivity contribution in [1.29, 1.82) is 0 Å². The normalized spacial score (nSPS) is 22.5. The van der Waals surface area contributed by atoms with Gasteiger partial charge >= 0.3 is 0 Å². The Kier molecular flexibility index (Phi) is 5.54. The van der Waals surface area contributed by atoms with Crippen molar-refractivity contribution >= 4 is 8.58 Å². The van der Waals surface area contributed by atoms with Crippen molar-refractivity contribution in [2.45, 2.75) is 25.7 Å². The fourth-order valence-electron chi connectivity index (χ4n) is 2.44. The maximum Gasteiger partial charge on any atom is 0.0642 e. The van der Waals surface area contributed by atoms with E-state index in [2.05, 4.69) is 23.7 Å². The SMILES string of the molecule is CPCCC1=CC(N2CCOCC2)=CCCC1. The van der Waals surface area contributed by atoms with Crippen LogP contribution in [0.25, 0.3) is 0 Å². The molecule has 17 heavy (non-hydrogen) atoms. The molecule has 2 rings (SSSR count). The summed E-state index contributed by atoms with van der Waals surface area (Å²) in [5.74, 6) is 0. The smallest absolute Gasteiger partial charge is 0.0642 e. The molecule has 1 aliphatic carbocycles. The van der Waals surface area contributed by atoms with Crippen LogP contribution in [0.5, 0.6) is 0 Å². The van der Waals surface area contributed by atoms with Gasteiger partial charge in [0.1, 0.15) is 0 Å². The molecule has 3 heteroatoms. The fraction of sp³-hybridized carbons (Fsp3) is 0.714. The third-order valence-electron chi connectivity index (χ3n) is 3.48. The largest absolute Gasteiger partial charge is 0.378 e. The Morgan fingerprint density at radius 2 is 2.18 bits per heavy atom. The van der Waals surface area contributed by atoms with Crippen LogP contribution in [0, 0.1) is 0 Å². The lowest BCUT2D eigenvalue weighted by molar-refractivity contribution is 0.0552. The van der Waals surface area contributed by atoms with Crippen molar-refractivity contribution in [1.82, 2.24) is 4.90 Å². The molecule has 1 fully saturated rings. The molecule has 1 heterocycles. The summed E-state index contributed by atoms with van der Waals surface area (Å²) in [6.07, 6.45) is 11.4. The van der Waals surface area contributed by atoms with Crippen LogP contribution in [0.3, 0.4) is 0 Å². The minimum absolute atomic E-state index is 0.886. The number of hydrogen-bond donors (Lipinski definition) is 0. The van der Waals surface area contributed by atoms with Crippen molar-refractivity contribution < 1.29 is 4.74 Å². The number of morpholine rings is 1. The van der Waals surface area contributed by atoms with Gasteiger partial charge in [0.05, 0.1) is 13.2 Å². The topological polar surface area (TPSA) is 12.5 Å². The summed E-state index contributed by atoms with van der Waals surface area (Å²) in [5.41, 5.74) is 3.12. The van der Waals surface area contributed by atoms with E-state index in [4.69, 9.17) is 4.74 Å². The summed E-state index contributed by atoms with van der Waals surface area (Å²) < 4.78 is 5.43. The van der Waals surface area contributed by atoms with Gasteiger partial charge in [0.2, 0.25) is 0 Å². The summed E-state index contributed by atoms with van der Waals surface area (Å²) in [6.45, 7) is 6.19. The highest BCUT2D eigenvalue weighted by Gasteiger charge is 2.14. The first-order valence-corrected chi connectivity index (χ1v) is 8.48. The van der Waals surface area contributed by atoms with Gasteiger partial charge in [0.25, 0.3) is 0 Å². The Labute approximate surface area is 107 Å². The minimum atomic E-state index is 0.886. The maximum absolute atomic E-state index is 5.43. The molecule has 0 bridgehead atoms. The highest BCUT2D eigenvalue weighted by atomic mass is 31.1. The van der Waals surface area contributed by atoms with Gasteiger partial charge in [-0.3, -0.25) is 0 Å². The third kappa shape index (κ3) is 4.12. The van der Waals surface area contributed by atoms with E-state index < -0.39 is 0 Å². The molecule has 0 saturated carbocycles. The van der Waals surface area contributed by atoms with Crippen molar-refractivity contribution in [2.24, 2.45) is 0 Å². The molecule has 1 unspecified atom stereocenters. The van der Waals surface area contributed by atoms with Crippen molar-refractivity contribution in [3.63, 3.8) is 0 Å². The molecule has 1 atom stereocenters. The lowest BCUT2D eigenvalue weighted by Gasteiger charge is -2.30. The molecule has 96 valence electrons. The molecule has 0 N–H and O–H groups in total. The molecule has 0 amide bonds. The Balaban J connectivity index is 1.99. The summed E-state index contributed by atoms with van der Waals surface area (Å²) in [4.78, 5) is 2.49. The van der Waals surface area contributed by atoms with Crippen LogP contribution < -0.4 is 0 Å². The van der Waals surface area contributed by atoms with E-state index in [0.717, 1.165) is 34.9 Å². The lowest BCUT2D eigenvalue weighted by Crippen LogP contribution is -2.35. The van der Waals surface area contributed by atoms with Crippen LogP contribution in [-0.4, -0.2) is 44.0 Å². The number of nitrogens with zero attached hydrogens (tertiary/aromatic N) is 1. The molecule has 1 saturated heterocycles. The summed E-state index contributed by atoms with van der Waals surface area (Å²) in [7, 11) is 1.08. The van der Waals surface area contributed by atoms with Crippen molar-refractivity contribution in [3.8, 4) is 0 Å². The summed E-state index contributed by atoms with van der Waals surface area (Å²) in [6, 6.07) is 0. The first-order chi connectivity index (χ1) is 8.40. The Morgan fingerprint density at radius 3 is 2.94 bits per heavy atom. The first-order valence-electron chi connectivity index (χ1n) is 6.77. The second kappa shape index (κ2) is 7.18. The van der Waals surface area contributed by atoms with E-state index in [0.29, 0.717) is 0 Å². The zero-order valence-electron chi connectivity index (χ0n) is 10.9. The van der Waals surface area contributed by atoms with Crippen molar-refractivity contribution in [2.75, 3.05) is 39.1 Å². The molecule has 0 aromatic carbocycles. The van der Waals surface area contributed by atoms with Gasteiger partial charge in [-0.2, -0.15) is 0 Å². The predicted octanol–water partition coefficient (Wildman–Crippen LogP) is 3.01. The molecule has 2 nitrogen and oxygen atoms in total. The van der Waals surface area contributed by atoms with E-state index in [9.17, 15) is 0 Å². The fourth-order valence-corrected chi connectivity index (χ4v) is 3.02. The van der Waals surface area contributed by atoms with Gasteiger partial charge in [-0.1, -0.05) is 11.6 Å². The van der Waals surface area contributed by atoms with Crippen LogP contribution in [0.1, 0.15) is 25.7 Å². The van der Waals surface area contributed by atoms with Gasteiger partial charge in [0, 0.05) is 18.8 Å². The number of ether oxygens (including phenoxy) is 1. The van der Waals surface area contributed by atoms with Crippen molar-refractivity contribution in [3.05, 3.63) is 23.4 Å². The van der Waals surface area contributed by atoms with Gasteiger partial charge < -0.3 is 9.64 Å². The van der Waals surface area contributed by atoms with Gasteiger partial charge in [-0.25, -0.2) is 0 Å². The predicted molar refractivity (Wildman–Crippen MR) is 76.1 cm³/mol. The van der Waals surface area contributed by atoms with Gasteiger partial charge in [-0.05, 0) is 44.6 Å². The second-order valence-electron chi connectivity index (χ2n) is 4.78. The molecular weight excluding hydrogens is 229 g/mol. The molecule has 0 aromatic rings. The second-order valence-corrected chi connectivity index (χ2v) is 5.98. The summed E-state index contributed by atoms with van der Waals surface area (Å²) >= 11 is 0. The van der Waals surface area contributed by atoms with E-state index >= 15 is 0 Å². The number of rotatable bonds is 4.